The van der Waals surface area contributed by atoms with E-state index >= 15 is 0 Å². The van der Waals surface area contributed by atoms with Crippen LogP contribution in [0.1, 0.15) is 34.1 Å². The lowest BCUT2D eigenvalue weighted by molar-refractivity contribution is -0.137. The molecule has 0 aromatic carbocycles. The molecule has 0 radical (unpaired) electrons. The van der Waals surface area contributed by atoms with Crippen molar-refractivity contribution in [3.8, 4) is 6.07 Å². The normalized spacial score (nSPS) is 13.8. The quantitative estimate of drug-likeness (QED) is 0.651. The first kappa shape index (κ1) is 13.7. The number of nitrogens with zero attached hydrogens (tertiary/aromatic N) is 2. The van der Waals surface area contributed by atoms with Crippen LogP contribution in [0.2, 0.25) is 0 Å². The number of hydrogen-bond donors (Lipinski definition) is 0. The molecule has 1 unspecified atom stereocenters. The van der Waals surface area contributed by atoms with E-state index in [0.717, 1.165) is 5.57 Å². The van der Waals surface area contributed by atoms with E-state index in [0.29, 0.717) is 19.5 Å². The van der Waals surface area contributed by atoms with Gasteiger partial charge in [0, 0.05) is 13.1 Å². The molecule has 0 bridgehead atoms. The molecule has 1 atom stereocenters. The van der Waals surface area contributed by atoms with E-state index in [-0.39, 0.29) is 5.91 Å². The van der Waals surface area contributed by atoms with Crippen LogP contribution < -0.4 is 0 Å². The van der Waals surface area contributed by atoms with E-state index in [1.807, 2.05) is 20.8 Å². The van der Waals surface area contributed by atoms with Gasteiger partial charge in [0.05, 0.1) is 6.07 Å². The van der Waals surface area contributed by atoms with Crippen LogP contribution in [0, 0.1) is 16.7 Å². The summed E-state index contributed by atoms with van der Waals surface area (Å²) in [5, 5.41) is 9.01. The summed E-state index contributed by atoms with van der Waals surface area (Å²) in [6.45, 7) is 12.3. The van der Waals surface area contributed by atoms with Crippen molar-refractivity contribution in [2.24, 2.45) is 5.41 Å². The van der Waals surface area contributed by atoms with Crippen LogP contribution in [-0.2, 0) is 4.79 Å². The lowest BCUT2D eigenvalue weighted by Crippen LogP contribution is -2.42. The van der Waals surface area contributed by atoms with E-state index < -0.39 is 5.41 Å². The molecular weight excluding hydrogens is 188 g/mol. The highest BCUT2D eigenvalue weighted by atomic mass is 16.2. The zero-order valence-electron chi connectivity index (χ0n) is 10.1. The third kappa shape index (κ3) is 3.39. The average Bonchev–Trinajstić information content (AvgIpc) is 2.23. The summed E-state index contributed by atoms with van der Waals surface area (Å²) in [7, 11) is 0. The van der Waals surface area contributed by atoms with Crippen LogP contribution in [0.3, 0.4) is 0 Å². The number of nitriles is 1. The molecule has 3 heteroatoms. The summed E-state index contributed by atoms with van der Waals surface area (Å²) >= 11 is 0. The molecule has 0 aromatic heterocycles. The second-order valence-corrected chi connectivity index (χ2v) is 4.07. The first-order valence-electron chi connectivity index (χ1n) is 5.26. The maximum Gasteiger partial charge on any atom is 0.243 e. The number of carbonyl (C=O) groups excluding carboxylic acids is 1. The van der Waals surface area contributed by atoms with Gasteiger partial charge in [0.15, 0.2) is 0 Å². The molecule has 0 spiro atoms. The summed E-state index contributed by atoms with van der Waals surface area (Å²) in [5.74, 6) is -0.0991. The fourth-order valence-corrected chi connectivity index (χ4v) is 1.28. The molecule has 0 aliphatic rings. The van der Waals surface area contributed by atoms with Crippen LogP contribution in [0.5, 0.6) is 0 Å². The van der Waals surface area contributed by atoms with Crippen molar-refractivity contribution < 1.29 is 4.79 Å². The molecule has 0 aliphatic carbocycles. The lowest BCUT2D eigenvalue weighted by Gasteiger charge is -2.28. The fourth-order valence-electron chi connectivity index (χ4n) is 1.28. The standard InChI is InChI=1S/C12H20N2O/c1-6-12(5,9-13)11(15)14(7-2)8-10(3)4/h3,6-8H2,1-2,4-5H3. The Morgan fingerprint density at radius 3 is 2.33 bits per heavy atom. The molecule has 84 valence electrons. The van der Waals surface area contributed by atoms with Gasteiger partial charge in [-0.3, -0.25) is 4.79 Å². The van der Waals surface area contributed by atoms with Gasteiger partial charge >= 0.3 is 0 Å². The summed E-state index contributed by atoms with van der Waals surface area (Å²) < 4.78 is 0. The van der Waals surface area contributed by atoms with E-state index in [1.165, 1.54) is 0 Å². The predicted octanol–water partition coefficient (Wildman–Crippen LogP) is 2.35. The second kappa shape index (κ2) is 5.55. The minimum atomic E-state index is -0.897. The molecule has 0 aliphatic heterocycles. The average molecular weight is 208 g/mol. The summed E-state index contributed by atoms with van der Waals surface area (Å²) in [6, 6.07) is 2.10. The zero-order valence-corrected chi connectivity index (χ0v) is 10.1. The lowest BCUT2D eigenvalue weighted by atomic mass is 9.87. The van der Waals surface area contributed by atoms with Crippen molar-refractivity contribution in [2.75, 3.05) is 13.1 Å². The molecule has 0 saturated carbocycles. The Bertz CT molecular complexity index is 290. The minimum Gasteiger partial charge on any atom is -0.338 e. The van der Waals surface area contributed by atoms with Gasteiger partial charge in [-0.25, -0.2) is 0 Å². The highest BCUT2D eigenvalue weighted by molar-refractivity contribution is 5.85. The Balaban J connectivity index is 4.80. The number of amides is 1. The third-order valence-corrected chi connectivity index (χ3v) is 2.56. The predicted molar refractivity (Wildman–Crippen MR) is 61.1 cm³/mol. The Labute approximate surface area is 92.4 Å². The van der Waals surface area contributed by atoms with Crippen molar-refractivity contribution >= 4 is 5.91 Å². The van der Waals surface area contributed by atoms with Gasteiger partial charge in [0.2, 0.25) is 5.91 Å². The van der Waals surface area contributed by atoms with Crippen LogP contribution in [0.15, 0.2) is 12.2 Å². The Morgan fingerprint density at radius 1 is 1.53 bits per heavy atom. The Morgan fingerprint density at radius 2 is 2.07 bits per heavy atom. The Kier molecular flexibility index (Phi) is 5.07. The topological polar surface area (TPSA) is 44.1 Å². The molecule has 0 saturated heterocycles. The summed E-state index contributed by atoms with van der Waals surface area (Å²) in [5.41, 5.74) is 0.0347. The van der Waals surface area contributed by atoms with Crippen molar-refractivity contribution in [1.29, 1.82) is 5.26 Å². The van der Waals surface area contributed by atoms with Gasteiger partial charge in [-0.2, -0.15) is 5.26 Å². The minimum absolute atomic E-state index is 0.0991. The highest BCUT2D eigenvalue weighted by Gasteiger charge is 2.34. The highest BCUT2D eigenvalue weighted by Crippen LogP contribution is 2.23. The van der Waals surface area contributed by atoms with Crippen molar-refractivity contribution in [2.45, 2.75) is 34.1 Å². The molecule has 3 nitrogen and oxygen atoms in total. The monoisotopic (exact) mass is 208 g/mol. The van der Waals surface area contributed by atoms with Crippen LogP contribution in [0.4, 0.5) is 0 Å². The first-order chi connectivity index (χ1) is 6.91. The van der Waals surface area contributed by atoms with Gasteiger partial charge < -0.3 is 4.90 Å². The second-order valence-electron chi connectivity index (χ2n) is 4.07. The van der Waals surface area contributed by atoms with Gasteiger partial charge in [-0.05, 0) is 27.2 Å². The summed E-state index contributed by atoms with van der Waals surface area (Å²) in [4.78, 5) is 13.7. The molecular formula is C12H20N2O. The van der Waals surface area contributed by atoms with E-state index in [1.54, 1.807) is 11.8 Å². The van der Waals surface area contributed by atoms with Gasteiger partial charge in [-0.1, -0.05) is 19.1 Å². The SMILES string of the molecule is C=C(C)CN(CC)C(=O)C(C)(C#N)CC. The zero-order chi connectivity index (χ0) is 12.1. The summed E-state index contributed by atoms with van der Waals surface area (Å²) in [6.07, 6.45) is 0.537. The van der Waals surface area contributed by atoms with Crippen molar-refractivity contribution in [3.05, 3.63) is 12.2 Å². The van der Waals surface area contributed by atoms with E-state index in [9.17, 15) is 4.79 Å². The maximum absolute atomic E-state index is 12.1. The number of rotatable bonds is 5. The number of likely N-dealkylation sites (N-methyl/N-ethyl adjacent to an activating group) is 1. The Hall–Kier alpha value is -1.30. The number of hydrogen-bond acceptors (Lipinski definition) is 2. The molecule has 0 heterocycles. The van der Waals surface area contributed by atoms with Crippen LogP contribution >= 0.6 is 0 Å². The van der Waals surface area contributed by atoms with Gasteiger partial charge in [0.25, 0.3) is 0 Å². The number of carbonyl (C=O) groups is 1. The molecule has 0 rings (SSSR count). The van der Waals surface area contributed by atoms with Crippen molar-refractivity contribution in [1.82, 2.24) is 4.90 Å². The first-order valence-corrected chi connectivity index (χ1v) is 5.26. The molecule has 0 N–H and O–H groups in total. The third-order valence-electron chi connectivity index (χ3n) is 2.56. The van der Waals surface area contributed by atoms with Crippen LogP contribution in [0.25, 0.3) is 0 Å². The van der Waals surface area contributed by atoms with Gasteiger partial charge in [0.1, 0.15) is 5.41 Å². The largest absolute Gasteiger partial charge is 0.338 e. The smallest absolute Gasteiger partial charge is 0.243 e. The van der Waals surface area contributed by atoms with E-state index in [4.69, 9.17) is 5.26 Å². The molecule has 15 heavy (non-hydrogen) atoms. The van der Waals surface area contributed by atoms with Crippen LogP contribution in [-0.4, -0.2) is 23.9 Å². The molecule has 1 amide bonds. The van der Waals surface area contributed by atoms with Crippen molar-refractivity contribution in [3.63, 3.8) is 0 Å². The van der Waals surface area contributed by atoms with E-state index in [2.05, 4.69) is 12.6 Å². The molecule has 0 aromatic rings. The van der Waals surface area contributed by atoms with Gasteiger partial charge in [-0.15, -0.1) is 0 Å². The fraction of sp³-hybridized carbons (Fsp3) is 0.667. The molecule has 0 fully saturated rings. The maximum atomic E-state index is 12.1.